The fraction of sp³-hybridized carbons (Fsp3) is 0.333. The van der Waals surface area contributed by atoms with E-state index in [4.69, 9.17) is 12.2 Å². The van der Waals surface area contributed by atoms with E-state index in [1.807, 2.05) is 24.5 Å². The summed E-state index contributed by atoms with van der Waals surface area (Å²) in [7, 11) is 0. The summed E-state index contributed by atoms with van der Waals surface area (Å²) in [5.74, 6) is 0.922. The summed E-state index contributed by atoms with van der Waals surface area (Å²) in [6, 6.07) is 4.03. The van der Waals surface area contributed by atoms with Gasteiger partial charge in [-0.15, -0.1) is 0 Å². The van der Waals surface area contributed by atoms with Crippen LogP contribution < -0.4 is 5.32 Å². The highest BCUT2D eigenvalue weighted by atomic mass is 32.2. The summed E-state index contributed by atoms with van der Waals surface area (Å²) >= 11 is 6.94. The minimum absolute atomic E-state index is 0.841. The van der Waals surface area contributed by atoms with Gasteiger partial charge < -0.3 is 4.90 Å². The zero-order chi connectivity index (χ0) is 9.80. The summed E-state index contributed by atoms with van der Waals surface area (Å²) < 4.78 is 0.973. The van der Waals surface area contributed by atoms with Crippen molar-refractivity contribution in [2.45, 2.75) is 6.54 Å². The number of nitrogens with one attached hydrogen (secondary N) is 1. The van der Waals surface area contributed by atoms with Crippen LogP contribution in [0, 0.1) is 0 Å². The number of thiocarbonyl (C=S) groups is 1. The summed E-state index contributed by atoms with van der Waals surface area (Å²) in [4.78, 5) is 6.14. The number of hydrogen-bond acceptors (Lipinski definition) is 4. The van der Waals surface area contributed by atoms with Gasteiger partial charge in [0.25, 0.3) is 0 Å². The lowest BCUT2D eigenvalue weighted by Gasteiger charge is -2.29. The Kier molecular flexibility index (Phi) is 3.34. The van der Waals surface area contributed by atoms with Crippen LogP contribution >= 0.6 is 24.0 Å². The van der Waals surface area contributed by atoms with Crippen LogP contribution in [0.25, 0.3) is 0 Å². The van der Waals surface area contributed by atoms with Gasteiger partial charge in [0.05, 0.1) is 12.5 Å². The van der Waals surface area contributed by atoms with Gasteiger partial charge in [0, 0.05) is 18.9 Å². The Morgan fingerprint density at radius 2 is 2.29 bits per heavy atom. The molecule has 1 aliphatic heterocycles. The number of nitrogens with zero attached hydrogens (tertiary/aromatic N) is 2. The molecule has 3 nitrogen and oxygen atoms in total. The van der Waals surface area contributed by atoms with E-state index in [1.54, 1.807) is 11.8 Å². The minimum atomic E-state index is 0.841. The molecule has 0 unspecified atom stereocenters. The largest absolute Gasteiger partial charge is 0.340 e. The molecule has 0 saturated carbocycles. The van der Waals surface area contributed by atoms with Gasteiger partial charge in [-0.05, 0) is 17.7 Å². The van der Waals surface area contributed by atoms with E-state index in [1.165, 1.54) is 5.56 Å². The summed E-state index contributed by atoms with van der Waals surface area (Å²) in [6.07, 6.45) is 3.62. The first kappa shape index (κ1) is 9.89. The molecular formula is C9H11N3S2. The summed E-state index contributed by atoms with van der Waals surface area (Å²) in [5, 5.41) is 3.27. The molecule has 5 heteroatoms. The summed E-state index contributed by atoms with van der Waals surface area (Å²) in [5.41, 5.74) is 1.24. The Balaban J connectivity index is 2.00. The molecule has 1 saturated heterocycles. The molecule has 2 heterocycles. The van der Waals surface area contributed by atoms with Crippen LogP contribution in [-0.4, -0.2) is 26.7 Å². The smallest absolute Gasteiger partial charge is 0.138 e. The average molecular weight is 225 g/mol. The number of thioether (sulfide) groups is 1. The van der Waals surface area contributed by atoms with Crippen LogP contribution in [0.4, 0.5) is 0 Å². The predicted octanol–water partition coefficient (Wildman–Crippen LogP) is 1.42. The van der Waals surface area contributed by atoms with Crippen molar-refractivity contribution in [3.05, 3.63) is 30.1 Å². The van der Waals surface area contributed by atoms with Crippen molar-refractivity contribution in [3.63, 3.8) is 0 Å². The molecule has 1 fully saturated rings. The molecule has 1 N–H and O–H groups in total. The van der Waals surface area contributed by atoms with E-state index in [2.05, 4.69) is 15.2 Å². The highest BCUT2D eigenvalue weighted by Gasteiger charge is 2.14. The number of hydrogen-bond donors (Lipinski definition) is 1. The van der Waals surface area contributed by atoms with Crippen molar-refractivity contribution < 1.29 is 0 Å². The lowest BCUT2D eigenvalue weighted by Crippen LogP contribution is -2.41. The Bertz CT molecular complexity index is 315. The fourth-order valence-electron chi connectivity index (χ4n) is 1.28. The Morgan fingerprint density at radius 3 is 3.00 bits per heavy atom. The second-order valence-electron chi connectivity index (χ2n) is 3.02. The monoisotopic (exact) mass is 225 g/mol. The van der Waals surface area contributed by atoms with Gasteiger partial charge in [0.1, 0.15) is 4.32 Å². The molecule has 2 rings (SSSR count). The Morgan fingerprint density at radius 1 is 1.50 bits per heavy atom. The molecule has 14 heavy (non-hydrogen) atoms. The standard InChI is InChI=1S/C9H11N3S2/c13-9-12(6-11-7-14-9)5-8-1-3-10-4-2-8/h1-4,11H,5-7H2. The third-order valence-corrected chi connectivity index (χ3v) is 3.45. The van der Waals surface area contributed by atoms with E-state index < -0.39 is 0 Å². The molecule has 0 bridgehead atoms. The maximum atomic E-state index is 5.26. The van der Waals surface area contributed by atoms with Gasteiger partial charge in [-0.1, -0.05) is 24.0 Å². The van der Waals surface area contributed by atoms with E-state index in [0.29, 0.717) is 0 Å². The number of rotatable bonds is 2. The molecule has 74 valence electrons. The first-order chi connectivity index (χ1) is 6.86. The zero-order valence-corrected chi connectivity index (χ0v) is 9.27. The van der Waals surface area contributed by atoms with Crippen LogP contribution in [0.3, 0.4) is 0 Å². The van der Waals surface area contributed by atoms with E-state index >= 15 is 0 Å². The van der Waals surface area contributed by atoms with Crippen LogP contribution in [0.2, 0.25) is 0 Å². The number of pyridine rings is 1. The molecular weight excluding hydrogens is 214 g/mol. The fourth-order valence-corrected chi connectivity index (χ4v) is 2.21. The van der Waals surface area contributed by atoms with E-state index in [0.717, 1.165) is 23.4 Å². The van der Waals surface area contributed by atoms with Crippen molar-refractivity contribution in [3.8, 4) is 0 Å². The Hall–Kier alpha value is -0.650. The van der Waals surface area contributed by atoms with Gasteiger partial charge >= 0.3 is 0 Å². The first-order valence-electron chi connectivity index (χ1n) is 4.37. The van der Waals surface area contributed by atoms with Crippen molar-refractivity contribution in [1.29, 1.82) is 0 Å². The molecule has 1 aromatic heterocycles. The van der Waals surface area contributed by atoms with Crippen LogP contribution in [-0.2, 0) is 6.54 Å². The van der Waals surface area contributed by atoms with Crippen LogP contribution in [0.5, 0.6) is 0 Å². The third kappa shape index (κ3) is 2.43. The molecule has 1 aliphatic rings. The summed E-state index contributed by atoms with van der Waals surface area (Å²) in [6.45, 7) is 1.70. The van der Waals surface area contributed by atoms with E-state index in [-0.39, 0.29) is 0 Å². The van der Waals surface area contributed by atoms with Crippen molar-refractivity contribution in [2.75, 3.05) is 12.5 Å². The van der Waals surface area contributed by atoms with Gasteiger partial charge in [0.15, 0.2) is 0 Å². The lowest BCUT2D eigenvalue weighted by atomic mass is 10.2. The molecule has 1 aromatic rings. The highest BCUT2D eigenvalue weighted by Crippen LogP contribution is 2.14. The van der Waals surface area contributed by atoms with Gasteiger partial charge in [0.2, 0.25) is 0 Å². The van der Waals surface area contributed by atoms with Crippen LogP contribution in [0.15, 0.2) is 24.5 Å². The SMILES string of the molecule is S=C1SCNCN1Cc1ccncc1. The van der Waals surface area contributed by atoms with Crippen LogP contribution in [0.1, 0.15) is 5.56 Å². The molecule has 0 aromatic carbocycles. The molecule has 0 atom stereocenters. The normalized spacial score (nSPS) is 17.1. The molecule has 0 amide bonds. The third-order valence-electron chi connectivity index (χ3n) is 1.98. The number of aromatic nitrogens is 1. The minimum Gasteiger partial charge on any atom is -0.340 e. The Labute approximate surface area is 92.9 Å². The molecule has 0 radical (unpaired) electrons. The van der Waals surface area contributed by atoms with Crippen molar-refractivity contribution in [2.24, 2.45) is 0 Å². The lowest BCUT2D eigenvalue weighted by molar-refractivity contribution is 0.393. The van der Waals surface area contributed by atoms with Crippen molar-refractivity contribution in [1.82, 2.24) is 15.2 Å². The van der Waals surface area contributed by atoms with Gasteiger partial charge in [-0.3, -0.25) is 10.3 Å². The highest BCUT2D eigenvalue weighted by molar-refractivity contribution is 8.22. The topological polar surface area (TPSA) is 28.2 Å². The van der Waals surface area contributed by atoms with Gasteiger partial charge in [-0.2, -0.15) is 0 Å². The second kappa shape index (κ2) is 4.72. The quantitative estimate of drug-likeness (QED) is 0.769. The molecule has 0 aliphatic carbocycles. The zero-order valence-electron chi connectivity index (χ0n) is 7.64. The second-order valence-corrected chi connectivity index (χ2v) is 4.63. The van der Waals surface area contributed by atoms with Gasteiger partial charge in [-0.25, -0.2) is 0 Å². The molecule has 0 spiro atoms. The van der Waals surface area contributed by atoms with E-state index in [9.17, 15) is 0 Å². The van der Waals surface area contributed by atoms with Crippen molar-refractivity contribution >= 4 is 28.3 Å². The predicted molar refractivity (Wildman–Crippen MR) is 62.8 cm³/mol. The maximum absolute atomic E-state index is 5.26. The first-order valence-corrected chi connectivity index (χ1v) is 5.77. The average Bonchev–Trinajstić information content (AvgIpc) is 2.23. The maximum Gasteiger partial charge on any atom is 0.138 e.